The molecule has 0 spiro atoms. The number of aromatic nitrogens is 1. The van der Waals surface area contributed by atoms with E-state index >= 15 is 0 Å². The van der Waals surface area contributed by atoms with Crippen LogP contribution in [0.4, 0.5) is 0 Å². The molecule has 0 bridgehead atoms. The Morgan fingerprint density at radius 1 is 1.75 bits per heavy atom. The van der Waals surface area contributed by atoms with Gasteiger partial charge in [0.1, 0.15) is 14.0 Å². The number of hydrogen-bond acceptors (Lipinski definition) is 1. The van der Waals surface area contributed by atoms with Gasteiger partial charge in [-0.15, -0.1) is 0 Å². The van der Waals surface area contributed by atoms with Crippen molar-refractivity contribution in [1.82, 2.24) is 4.98 Å². The van der Waals surface area contributed by atoms with Crippen molar-refractivity contribution in [3.63, 3.8) is 0 Å². The van der Waals surface area contributed by atoms with Crippen LogP contribution >= 0.6 is 0 Å². The number of nitrogens with two attached hydrogens (primary N) is 1. The van der Waals surface area contributed by atoms with E-state index in [9.17, 15) is 0 Å². The molecule has 1 rings (SSSR count). The summed E-state index contributed by atoms with van der Waals surface area (Å²) in [5.74, 6) is 0. The summed E-state index contributed by atoms with van der Waals surface area (Å²) in [4.78, 5) is 2.91. The third-order valence-corrected chi connectivity index (χ3v) is 1.51. The van der Waals surface area contributed by atoms with Gasteiger partial charge in [0.15, 0.2) is 0 Å². The molecule has 1 aromatic heterocycles. The molecular weight excluding hydrogens is 151 g/mol. The van der Waals surface area contributed by atoms with Crippen LogP contribution in [0.3, 0.4) is 0 Å². The third kappa shape index (κ3) is 1.87. The SMILES string of the molecule is [B]C(C=C[NH2+]O)=c1cc[nH]c1=C. The predicted molar refractivity (Wildman–Crippen MR) is 47.6 cm³/mol. The number of quaternary nitrogens is 1. The fourth-order valence-electron chi connectivity index (χ4n) is 0.911. The molecule has 0 aromatic carbocycles. The Hall–Kier alpha value is -1.26. The first kappa shape index (κ1) is 8.84. The molecular formula is C8H10BN2O+. The predicted octanol–water partition coefficient (Wildman–Crippen LogP) is -1.83. The van der Waals surface area contributed by atoms with Crippen LogP contribution in [0.2, 0.25) is 0 Å². The van der Waals surface area contributed by atoms with E-state index in [1.54, 1.807) is 12.3 Å². The molecule has 0 saturated heterocycles. The minimum Gasteiger partial charge on any atom is -0.362 e. The highest BCUT2D eigenvalue weighted by Gasteiger charge is 1.87. The lowest BCUT2D eigenvalue weighted by atomic mass is 9.94. The Morgan fingerprint density at radius 2 is 2.50 bits per heavy atom. The Morgan fingerprint density at radius 3 is 3.00 bits per heavy atom. The highest BCUT2D eigenvalue weighted by Crippen LogP contribution is 1.82. The number of nitrogens with one attached hydrogen (secondary N) is 1. The molecule has 2 radical (unpaired) electrons. The molecule has 3 nitrogen and oxygen atoms in total. The van der Waals surface area contributed by atoms with Crippen LogP contribution in [0.25, 0.3) is 12.1 Å². The fourth-order valence-corrected chi connectivity index (χ4v) is 0.911. The van der Waals surface area contributed by atoms with Gasteiger partial charge in [-0.1, -0.05) is 12.1 Å². The van der Waals surface area contributed by atoms with E-state index in [-0.39, 0.29) is 0 Å². The molecule has 0 unspecified atom stereocenters. The summed E-state index contributed by atoms with van der Waals surface area (Å²) in [6.07, 6.45) is 4.83. The van der Waals surface area contributed by atoms with Crippen molar-refractivity contribution in [1.29, 1.82) is 0 Å². The first-order valence-electron chi connectivity index (χ1n) is 3.52. The lowest BCUT2D eigenvalue weighted by Crippen LogP contribution is -2.73. The summed E-state index contributed by atoms with van der Waals surface area (Å²) in [5, 5.41) is 10.0. The van der Waals surface area contributed by atoms with E-state index in [4.69, 9.17) is 13.1 Å². The van der Waals surface area contributed by atoms with Crippen molar-refractivity contribution in [3.8, 4) is 0 Å². The largest absolute Gasteiger partial charge is 0.362 e. The molecule has 60 valence electrons. The zero-order chi connectivity index (χ0) is 8.97. The quantitative estimate of drug-likeness (QED) is 0.346. The molecule has 0 fully saturated rings. The fraction of sp³-hybridized carbons (Fsp3) is 0. The first-order valence-corrected chi connectivity index (χ1v) is 3.52. The van der Waals surface area contributed by atoms with Gasteiger partial charge in [-0.3, -0.25) is 0 Å². The molecule has 1 aromatic rings. The molecule has 0 aliphatic heterocycles. The van der Waals surface area contributed by atoms with Gasteiger partial charge in [0.2, 0.25) is 0 Å². The monoisotopic (exact) mass is 161 g/mol. The summed E-state index contributed by atoms with van der Waals surface area (Å²) in [6, 6.07) is 1.83. The van der Waals surface area contributed by atoms with Gasteiger partial charge in [-0.05, 0) is 17.4 Å². The van der Waals surface area contributed by atoms with Crippen LogP contribution in [0.1, 0.15) is 0 Å². The molecule has 0 aliphatic carbocycles. The maximum atomic E-state index is 8.38. The van der Waals surface area contributed by atoms with E-state index in [0.29, 0.717) is 5.47 Å². The molecule has 12 heavy (non-hydrogen) atoms. The van der Waals surface area contributed by atoms with Crippen LogP contribution in [-0.2, 0) is 0 Å². The molecule has 0 aliphatic rings. The number of aromatic amines is 1. The molecule has 1 heterocycles. The van der Waals surface area contributed by atoms with Crippen molar-refractivity contribution in [3.05, 3.63) is 35.1 Å². The van der Waals surface area contributed by atoms with E-state index in [2.05, 4.69) is 11.6 Å². The van der Waals surface area contributed by atoms with Crippen LogP contribution in [0.5, 0.6) is 0 Å². The normalized spacial score (nSPS) is 13.8. The summed E-state index contributed by atoms with van der Waals surface area (Å²) < 4.78 is 0. The van der Waals surface area contributed by atoms with Gasteiger partial charge in [-0.2, -0.15) is 5.48 Å². The Bertz CT molecular complexity index is 380. The number of hydroxylamine groups is 1. The van der Waals surface area contributed by atoms with Gasteiger partial charge < -0.3 is 4.98 Å². The van der Waals surface area contributed by atoms with Crippen LogP contribution in [0, 0.1) is 0 Å². The summed E-state index contributed by atoms with van der Waals surface area (Å²) in [6.45, 7) is 3.75. The molecule has 0 saturated carbocycles. The Balaban J connectivity index is 3.16. The Labute approximate surface area is 71.5 Å². The standard InChI is InChI=1S/C8H9BN2O/c1-6-7(2-4-10-6)8(9)3-5-11-12/h2-5,10-12H,1H2/p+1. The van der Waals surface area contributed by atoms with Crippen LogP contribution in [0.15, 0.2) is 24.5 Å². The van der Waals surface area contributed by atoms with Gasteiger partial charge in [0, 0.05) is 11.5 Å². The lowest BCUT2D eigenvalue weighted by Gasteiger charge is -1.86. The van der Waals surface area contributed by atoms with Gasteiger partial charge in [-0.25, -0.2) is 5.21 Å². The second-order valence-electron chi connectivity index (χ2n) is 2.33. The van der Waals surface area contributed by atoms with E-state index in [0.717, 1.165) is 16.0 Å². The second-order valence-corrected chi connectivity index (χ2v) is 2.33. The molecule has 0 amide bonds. The molecule has 4 N–H and O–H groups in total. The van der Waals surface area contributed by atoms with Crippen molar-refractivity contribution >= 4 is 19.9 Å². The van der Waals surface area contributed by atoms with E-state index in [1.165, 1.54) is 6.20 Å². The van der Waals surface area contributed by atoms with E-state index in [1.807, 2.05) is 6.07 Å². The Kier molecular flexibility index (Phi) is 2.91. The second kappa shape index (κ2) is 3.94. The number of rotatable bonds is 2. The zero-order valence-corrected chi connectivity index (χ0v) is 6.62. The summed E-state index contributed by atoms with van der Waals surface area (Å²) in [5.41, 5.74) is 1.51. The topological polar surface area (TPSA) is 52.6 Å². The van der Waals surface area contributed by atoms with Gasteiger partial charge >= 0.3 is 0 Å². The molecule has 4 heteroatoms. The minimum atomic E-state index is 0.576. The minimum absolute atomic E-state index is 0.576. The highest BCUT2D eigenvalue weighted by molar-refractivity contribution is 6.40. The van der Waals surface area contributed by atoms with Crippen LogP contribution in [-0.4, -0.2) is 18.0 Å². The maximum Gasteiger partial charge on any atom is 0.124 e. The maximum absolute atomic E-state index is 8.38. The number of H-pyrrole nitrogens is 1. The van der Waals surface area contributed by atoms with Crippen molar-refractivity contribution in [2.45, 2.75) is 0 Å². The highest BCUT2D eigenvalue weighted by atomic mass is 16.5. The first-order chi connectivity index (χ1) is 5.75. The third-order valence-electron chi connectivity index (χ3n) is 1.51. The lowest BCUT2D eigenvalue weighted by molar-refractivity contribution is -0.838. The smallest absolute Gasteiger partial charge is 0.124 e. The average molecular weight is 161 g/mol. The summed E-state index contributed by atoms with van der Waals surface area (Å²) >= 11 is 0. The zero-order valence-electron chi connectivity index (χ0n) is 6.62. The summed E-state index contributed by atoms with van der Waals surface area (Å²) in [7, 11) is 5.67. The average Bonchev–Trinajstić information content (AvgIpc) is 2.47. The van der Waals surface area contributed by atoms with Crippen molar-refractivity contribution in [2.75, 3.05) is 0 Å². The molecule has 0 atom stereocenters. The van der Waals surface area contributed by atoms with Gasteiger partial charge in [0.25, 0.3) is 0 Å². The van der Waals surface area contributed by atoms with E-state index < -0.39 is 0 Å². The van der Waals surface area contributed by atoms with Crippen LogP contribution < -0.4 is 16.0 Å². The number of allylic oxidation sites excluding steroid dienone is 1. The number of hydrogen-bond donors (Lipinski definition) is 3. The van der Waals surface area contributed by atoms with Gasteiger partial charge in [0.05, 0.1) is 0 Å². The van der Waals surface area contributed by atoms with Crippen molar-refractivity contribution in [2.24, 2.45) is 0 Å². The van der Waals surface area contributed by atoms with Crippen molar-refractivity contribution < 1.29 is 10.7 Å².